The first-order valence-corrected chi connectivity index (χ1v) is 7.33. The van der Waals surface area contributed by atoms with E-state index in [2.05, 4.69) is 38.4 Å². The first-order chi connectivity index (χ1) is 10.3. The average molecular weight is 338 g/mol. The third kappa shape index (κ3) is 2.88. The van der Waals surface area contributed by atoms with E-state index in [-0.39, 0.29) is 0 Å². The molecule has 0 saturated carbocycles. The fourth-order valence-electron chi connectivity index (χ4n) is 2.24. The highest BCUT2D eigenvalue weighted by atomic mass is 79.9. The summed E-state index contributed by atoms with van der Waals surface area (Å²) in [5.41, 5.74) is 3.69. The molecule has 3 nitrogen and oxygen atoms in total. The molecule has 0 unspecified atom stereocenters. The molecule has 3 aromatic rings. The second kappa shape index (κ2) is 5.94. The molecule has 1 heterocycles. The maximum absolute atomic E-state index is 8.93. The van der Waals surface area contributed by atoms with Crippen LogP contribution in [0.1, 0.15) is 11.1 Å². The van der Waals surface area contributed by atoms with E-state index in [1.807, 2.05) is 36.4 Å². The lowest BCUT2D eigenvalue weighted by atomic mass is 10.1. The van der Waals surface area contributed by atoms with Crippen LogP contribution < -0.4 is 5.32 Å². The molecule has 3 rings (SSSR count). The molecule has 2 aromatic carbocycles. The van der Waals surface area contributed by atoms with Crippen LogP contribution in [0.4, 0.5) is 5.69 Å². The van der Waals surface area contributed by atoms with Gasteiger partial charge in [0, 0.05) is 28.3 Å². The van der Waals surface area contributed by atoms with E-state index in [1.54, 1.807) is 12.3 Å². The zero-order chi connectivity index (χ0) is 14.7. The molecule has 0 bridgehead atoms. The molecule has 0 amide bonds. The number of fused-ring (bicyclic) bond motifs is 1. The van der Waals surface area contributed by atoms with Gasteiger partial charge in [0.15, 0.2) is 0 Å². The zero-order valence-corrected chi connectivity index (χ0v) is 12.8. The first-order valence-electron chi connectivity index (χ1n) is 6.54. The van der Waals surface area contributed by atoms with Crippen molar-refractivity contribution < 1.29 is 0 Å². The normalized spacial score (nSPS) is 10.3. The number of aromatic nitrogens is 1. The standard InChI is InChI=1S/C17H12BrN3/c18-16-7-6-13(17-15(16)5-2-8-20-17)11-21-14-4-1-3-12(9-14)10-19/h1-9,21H,11H2. The Kier molecular flexibility index (Phi) is 3.85. The molecule has 0 spiro atoms. The molecular formula is C17H12BrN3. The van der Waals surface area contributed by atoms with Crippen molar-refractivity contribution >= 4 is 32.5 Å². The van der Waals surface area contributed by atoms with Gasteiger partial charge in [-0.05, 0) is 35.9 Å². The number of anilines is 1. The molecule has 1 aromatic heterocycles. The van der Waals surface area contributed by atoms with Gasteiger partial charge < -0.3 is 5.32 Å². The Bertz CT molecular complexity index is 837. The number of nitriles is 1. The first kappa shape index (κ1) is 13.6. The maximum Gasteiger partial charge on any atom is 0.0992 e. The van der Waals surface area contributed by atoms with Gasteiger partial charge >= 0.3 is 0 Å². The van der Waals surface area contributed by atoms with Gasteiger partial charge in [0.05, 0.1) is 17.1 Å². The zero-order valence-electron chi connectivity index (χ0n) is 11.2. The van der Waals surface area contributed by atoms with Crippen molar-refractivity contribution in [1.29, 1.82) is 5.26 Å². The van der Waals surface area contributed by atoms with Gasteiger partial charge in [-0.15, -0.1) is 0 Å². The predicted molar refractivity (Wildman–Crippen MR) is 87.9 cm³/mol. The van der Waals surface area contributed by atoms with Crippen LogP contribution in [0.25, 0.3) is 10.9 Å². The van der Waals surface area contributed by atoms with Gasteiger partial charge in [-0.25, -0.2) is 0 Å². The van der Waals surface area contributed by atoms with Crippen molar-refractivity contribution in [3.63, 3.8) is 0 Å². The molecule has 1 N–H and O–H groups in total. The Labute approximate surface area is 131 Å². The van der Waals surface area contributed by atoms with Gasteiger partial charge in [0.25, 0.3) is 0 Å². The van der Waals surface area contributed by atoms with E-state index < -0.39 is 0 Å². The van der Waals surface area contributed by atoms with Crippen LogP contribution in [0.15, 0.2) is 59.2 Å². The number of benzene rings is 2. The molecule has 0 radical (unpaired) electrons. The molecular weight excluding hydrogens is 326 g/mol. The predicted octanol–water partition coefficient (Wildman–Crippen LogP) is 4.48. The van der Waals surface area contributed by atoms with Crippen LogP contribution in [0.2, 0.25) is 0 Å². The topological polar surface area (TPSA) is 48.7 Å². The Balaban J connectivity index is 1.89. The van der Waals surface area contributed by atoms with Crippen LogP contribution in [0, 0.1) is 11.3 Å². The number of rotatable bonds is 3. The summed E-state index contributed by atoms with van der Waals surface area (Å²) in [4.78, 5) is 4.47. The van der Waals surface area contributed by atoms with Crippen molar-refractivity contribution in [3.8, 4) is 6.07 Å². The lowest BCUT2D eigenvalue weighted by Crippen LogP contribution is -2.01. The number of hydrogen-bond acceptors (Lipinski definition) is 3. The number of halogens is 1. The highest BCUT2D eigenvalue weighted by Gasteiger charge is 2.05. The van der Waals surface area contributed by atoms with Gasteiger partial charge in [-0.2, -0.15) is 5.26 Å². The average Bonchev–Trinajstić information content (AvgIpc) is 2.55. The Morgan fingerprint density at radius 2 is 2.05 bits per heavy atom. The van der Waals surface area contributed by atoms with Crippen molar-refractivity contribution in [2.45, 2.75) is 6.54 Å². The molecule has 102 valence electrons. The van der Waals surface area contributed by atoms with E-state index >= 15 is 0 Å². The Morgan fingerprint density at radius 3 is 2.90 bits per heavy atom. The summed E-state index contributed by atoms with van der Waals surface area (Å²) in [6.07, 6.45) is 1.80. The van der Waals surface area contributed by atoms with Crippen LogP contribution in [0.5, 0.6) is 0 Å². The van der Waals surface area contributed by atoms with E-state index in [0.717, 1.165) is 26.6 Å². The number of nitrogens with one attached hydrogen (secondary N) is 1. The summed E-state index contributed by atoms with van der Waals surface area (Å²) < 4.78 is 1.04. The molecule has 0 atom stereocenters. The van der Waals surface area contributed by atoms with Crippen LogP contribution in [-0.4, -0.2) is 4.98 Å². The highest BCUT2D eigenvalue weighted by molar-refractivity contribution is 9.10. The van der Waals surface area contributed by atoms with Crippen molar-refractivity contribution in [2.75, 3.05) is 5.32 Å². The van der Waals surface area contributed by atoms with Crippen molar-refractivity contribution in [1.82, 2.24) is 4.98 Å². The van der Waals surface area contributed by atoms with E-state index in [9.17, 15) is 0 Å². The van der Waals surface area contributed by atoms with E-state index in [0.29, 0.717) is 12.1 Å². The monoisotopic (exact) mass is 337 g/mol. The third-order valence-electron chi connectivity index (χ3n) is 3.27. The number of pyridine rings is 1. The molecule has 0 aliphatic rings. The molecule has 21 heavy (non-hydrogen) atoms. The largest absolute Gasteiger partial charge is 0.381 e. The molecule has 0 aliphatic heterocycles. The molecule has 0 aliphatic carbocycles. The number of nitrogens with zero attached hydrogens (tertiary/aromatic N) is 2. The minimum Gasteiger partial charge on any atom is -0.381 e. The third-order valence-corrected chi connectivity index (χ3v) is 3.97. The maximum atomic E-state index is 8.93. The smallest absolute Gasteiger partial charge is 0.0992 e. The summed E-state index contributed by atoms with van der Waals surface area (Å²) in [6, 6.07) is 17.7. The van der Waals surface area contributed by atoms with Gasteiger partial charge in [0.2, 0.25) is 0 Å². The Hall–Kier alpha value is -2.38. The van der Waals surface area contributed by atoms with E-state index in [1.165, 1.54) is 0 Å². The quantitative estimate of drug-likeness (QED) is 0.766. The van der Waals surface area contributed by atoms with Gasteiger partial charge in [-0.3, -0.25) is 4.98 Å². The minimum absolute atomic E-state index is 0.652. The molecule has 4 heteroatoms. The summed E-state index contributed by atoms with van der Waals surface area (Å²) in [5.74, 6) is 0. The van der Waals surface area contributed by atoms with E-state index in [4.69, 9.17) is 5.26 Å². The van der Waals surface area contributed by atoms with Crippen LogP contribution in [0.3, 0.4) is 0 Å². The fraction of sp³-hybridized carbons (Fsp3) is 0.0588. The summed E-state index contributed by atoms with van der Waals surface area (Å²) in [6.45, 7) is 0.662. The Morgan fingerprint density at radius 1 is 1.14 bits per heavy atom. The summed E-state index contributed by atoms with van der Waals surface area (Å²) in [7, 11) is 0. The number of hydrogen-bond donors (Lipinski definition) is 1. The SMILES string of the molecule is N#Cc1cccc(NCc2ccc(Br)c3cccnc23)c1. The summed E-state index contributed by atoms with van der Waals surface area (Å²) in [5, 5.41) is 13.4. The van der Waals surface area contributed by atoms with Crippen LogP contribution >= 0.6 is 15.9 Å². The lowest BCUT2D eigenvalue weighted by Gasteiger charge is -2.10. The summed E-state index contributed by atoms with van der Waals surface area (Å²) >= 11 is 3.55. The molecule has 0 saturated heterocycles. The molecule has 0 fully saturated rings. The van der Waals surface area contributed by atoms with Gasteiger partial charge in [0.1, 0.15) is 0 Å². The van der Waals surface area contributed by atoms with Crippen molar-refractivity contribution in [3.05, 3.63) is 70.3 Å². The van der Waals surface area contributed by atoms with Crippen LogP contribution in [-0.2, 0) is 6.54 Å². The fourth-order valence-corrected chi connectivity index (χ4v) is 2.69. The lowest BCUT2D eigenvalue weighted by molar-refractivity contribution is 1.15. The van der Waals surface area contributed by atoms with Gasteiger partial charge in [-0.1, -0.05) is 34.1 Å². The second-order valence-corrected chi connectivity index (χ2v) is 5.51. The second-order valence-electron chi connectivity index (χ2n) is 4.65. The van der Waals surface area contributed by atoms with Crippen molar-refractivity contribution in [2.24, 2.45) is 0 Å². The highest BCUT2D eigenvalue weighted by Crippen LogP contribution is 2.25. The minimum atomic E-state index is 0.652.